The molecule has 0 spiro atoms. The van der Waals surface area contributed by atoms with Crippen molar-refractivity contribution in [2.75, 3.05) is 38.5 Å². The van der Waals surface area contributed by atoms with Crippen molar-refractivity contribution in [2.24, 2.45) is 0 Å². The van der Waals surface area contributed by atoms with Gasteiger partial charge in [-0.2, -0.15) is 0 Å². The van der Waals surface area contributed by atoms with Gasteiger partial charge >= 0.3 is 0 Å². The third-order valence-corrected chi connectivity index (χ3v) is 6.24. The molecule has 31 heavy (non-hydrogen) atoms. The highest BCUT2D eigenvalue weighted by Gasteiger charge is 2.16. The van der Waals surface area contributed by atoms with E-state index in [1.807, 2.05) is 12.1 Å². The normalized spacial score (nSPS) is 15.2. The van der Waals surface area contributed by atoms with Crippen LogP contribution in [0.5, 0.6) is 0 Å². The molecule has 1 amide bonds. The second-order valence-electron chi connectivity index (χ2n) is 7.75. The number of anilines is 1. The van der Waals surface area contributed by atoms with Crippen molar-refractivity contribution in [1.82, 2.24) is 14.8 Å². The lowest BCUT2D eigenvalue weighted by Gasteiger charge is -2.32. The van der Waals surface area contributed by atoms with Gasteiger partial charge < -0.3 is 10.2 Å². The molecule has 0 atom stereocenters. The number of likely N-dealkylation sites (N-methyl/N-ethyl adjacent to an activating group) is 1. The zero-order valence-corrected chi connectivity index (χ0v) is 18.1. The Bertz CT molecular complexity index is 1040. The molecule has 3 aromatic rings. The number of rotatable bonds is 6. The van der Waals surface area contributed by atoms with Crippen LogP contribution in [0, 0.1) is 11.6 Å². The number of nitrogens with zero attached hydrogens (tertiary/aromatic N) is 3. The fourth-order valence-electron chi connectivity index (χ4n) is 3.55. The minimum Gasteiger partial charge on any atom is -0.321 e. The Labute approximate surface area is 184 Å². The van der Waals surface area contributed by atoms with Crippen molar-refractivity contribution in [2.45, 2.75) is 13.0 Å². The van der Waals surface area contributed by atoms with Crippen LogP contribution in [0.3, 0.4) is 0 Å². The lowest BCUT2D eigenvalue weighted by Crippen LogP contribution is -2.43. The summed E-state index contributed by atoms with van der Waals surface area (Å²) in [5, 5.41) is 4.93. The van der Waals surface area contributed by atoms with E-state index in [4.69, 9.17) is 0 Å². The lowest BCUT2D eigenvalue weighted by molar-refractivity contribution is -0.115. The second-order valence-corrected chi connectivity index (χ2v) is 8.60. The van der Waals surface area contributed by atoms with Crippen molar-refractivity contribution in [3.63, 3.8) is 0 Å². The van der Waals surface area contributed by atoms with Gasteiger partial charge in [0.2, 0.25) is 5.91 Å². The summed E-state index contributed by atoms with van der Waals surface area (Å²) >= 11 is 1.45. The van der Waals surface area contributed by atoms with Crippen molar-refractivity contribution < 1.29 is 13.6 Å². The number of hydrogen-bond acceptors (Lipinski definition) is 5. The van der Waals surface area contributed by atoms with E-state index >= 15 is 0 Å². The number of carbonyl (C=O) groups excluding carboxylic acids is 1. The molecule has 0 aliphatic carbocycles. The Morgan fingerprint density at radius 2 is 1.81 bits per heavy atom. The molecule has 162 valence electrons. The molecule has 5 nitrogen and oxygen atoms in total. The molecule has 1 fully saturated rings. The summed E-state index contributed by atoms with van der Waals surface area (Å²) in [6.07, 6.45) is -0.0503. The van der Waals surface area contributed by atoms with Crippen LogP contribution in [-0.2, 0) is 17.8 Å². The molecule has 2 heterocycles. The maximum atomic E-state index is 13.7. The zero-order valence-electron chi connectivity index (χ0n) is 17.3. The summed E-state index contributed by atoms with van der Waals surface area (Å²) < 4.78 is 27.5. The Balaban J connectivity index is 1.40. The first-order valence-corrected chi connectivity index (χ1v) is 11.0. The molecule has 0 unspecified atom stereocenters. The topological polar surface area (TPSA) is 48.5 Å². The highest BCUT2D eigenvalue weighted by atomic mass is 32.1. The first-order valence-electron chi connectivity index (χ1n) is 10.2. The number of para-hydroxylation sites is 1. The summed E-state index contributed by atoms with van der Waals surface area (Å²) in [7, 11) is 2.14. The Morgan fingerprint density at radius 1 is 1.10 bits per heavy atom. The molecular formula is C23H24F2N4OS. The SMILES string of the molecule is CN1CCN(Cc2cccc(-c3nc(CC(=O)Nc4c(F)cccc4F)cs3)c2)CC1. The van der Waals surface area contributed by atoms with Crippen molar-refractivity contribution in [3.8, 4) is 10.6 Å². The fourth-order valence-corrected chi connectivity index (χ4v) is 4.37. The van der Waals surface area contributed by atoms with E-state index in [0.29, 0.717) is 5.69 Å². The van der Waals surface area contributed by atoms with Crippen LogP contribution >= 0.6 is 11.3 Å². The quantitative estimate of drug-likeness (QED) is 0.627. The third-order valence-electron chi connectivity index (χ3n) is 5.30. The monoisotopic (exact) mass is 442 g/mol. The molecular weight excluding hydrogens is 418 g/mol. The molecule has 0 saturated carbocycles. The number of carbonyl (C=O) groups is 1. The van der Waals surface area contributed by atoms with Crippen molar-refractivity contribution in [1.29, 1.82) is 0 Å². The fraction of sp³-hybridized carbons (Fsp3) is 0.304. The minimum atomic E-state index is -0.801. The number of nitrogens with one attached hydrogen (secondary N) is 1. The molecule has 8 heteroatoms. The van der Waals surface area contributed by atoms with Gasteiger partial charge in [0.15, 0.2) is 0 Å². The van der Waals surface area contributed by atoms with Gasteiger partial charge in [0.05, 0.1) is 12.1 Å². The second kappa shape index (κ2) is 9.64. The van der Waals surface area contributed by atoms with E-state index in [2.05, 4.69) is 39.3 Å². The number of aromatic nitrogens is 1. The van der Waals surface area contributed by atoms with E-state index in [9.17, 15) is 13.6 Å². The van der Waals surface area contributed by atoms with Crippen LogP contribution in [0.4, 0.5) is 14.5 Å². The maximum Gasteiger partial charge on any atom is 0.230 e. The third kappa shape index (κ3) is 5.52. The summed E-state index contributed by atoms with van der Waals surface area (Å²) in [5.41, 5.74) is 2.37. The van der Waals surface area contributed by atoms with Gasteiger partial charge in [-0.1, -0.05) is 24.3 Å². The summed E-state index contributed by atoms with van der Waals surface area (Å²) in [4.78, 5) is 21.6. The largest absolute Gasteiger partial charge is 0.321 e. The van der Waals surface area contributed by atoms with Crippen LogP contribution < -0.4 is 5.32 Å². The lowest BCUT2D eigenvalue weighted by atomic mass is 10.1. The Morgan fingerprint density at radius 3 is 2.55 bits per heavy atom. The molecule has 1 aliphatic rings. The first-order chi connectivity index (χ1) is 15.0. The van der Waals surface area contributed by atoms with E-state index in [1.165, 1.54) is 23.0 Å². The molecule has 2 aromatic carbocycles. The minimum absolute atomic E-state index is 0.0503. The molecule has 1 saturated heterocycles. The van der Waals surface area contributed by atoms with Gasteiger partial charge in [0, 0.05) is 43.7 Å². The smallest absolute Gasteiger partial charge is 0.230 e. The predicted molar refractivity (Wildman–Crippen MR) is 119 cm³/mol. The number of piperazine rings is 1. The van der Waals surface area contributed by atoms with Crippen LogP contribution in [0.2, 0.25) is 0 Å². The first kappa shape index (κ1) is 21.5. The van der Waals surface area contributed by atoms with Gasteiger partial charge in [-0.15, -0.1) is 11.3 Å². The highest BCUT2D eigenvalue weighted by Crippen LogP contribution is 2.26. The number of hydrogen-bond donors (Lipinski definition) is 1. The zero-order chi connectivity index (χ0) is 21.8. The van der Waals surface area contributed by atoms with Gasteiger partial charge in [0.25, 0.3) is 0 Å². The average molecular weight is 443 g/mol. The molecule has 1 N–H and O–H groups in total. The molecule has 0 radical (unpaired) electrons. The van der Waals surface area contributed by atoms with Crippen LogP contribution in [0.15, 0.2) is 47.8 Å². The standard InChI is InChI=1S/C23H24F2N4OS/c1-28-8-10-29(11-9-28)14-16-4-2-5-17(12-16)23-26-18(15-31-23)13-21(30)27-22-19(24)6-3-7-20(22)25/h2-7,12,15H,8-11,13-14H2,1H3,(H,27,30). The van der Waals surface area contributed by atoms with Gasteiger partial charge in [-0.25, -0.2) is 13.8 Å². The molecule has 0 bridgehead atoms. The van der Waals surface area contributed by atoms with E-state index in [1.54, 1.807) is 5.38 Å². The summed E-state index contributed by atoms with van der Waals surface area (Å²) in [6, 6.07) is 11.7. The number of halogens is 2. The number of benzene rings is 2. The maximum absolute atomic E-state index is 13.7. The van der Waals surface area contributed by atoms with Crippen LogP contribution in [-0.4, -0.2) is 53.9 Å². The van der Waals surface area contributed by atoms with Crippen molar-refractivity contribution >= 4 is 22.9 Å². The summed E-state index contributed by atoms with van der Waals surface area (Å²) in [5.74, 6) is -2.11. The van der Waals surface area contributed by atoms with Gasteiger partial charge in [-0.05, 0) is 30.8 Å². The van der Waals surface area contributed by atoms with E-state index in [0.717, 1.165) is 55.4 Å². The summed E-state index contributed by atoms with van der Waals surface area (Å²) in [6.45, 7) is 5.17. The van der Waals surface area contributed by atoms with E-state index < -0.39 is 23.2 Å². The van der Waals surface area contributed by atoms with Crippen LogP contribution in [0.1, 0.15) is 11.3 Å². The number of amides is 1. The van der Waals surface area contributed by atoms with E-state index in [-0.39, 0.29) is 6.42 Å². The molecule has 1 aromatic heterocycles. The predicted octanol–water partition coefficient (Wildman–Crippen LogP) is 4.02. The average Bonchev–Trinajstić information content (AvgIpc) is 3.21. The Kier molecular flexibility index (Phi) is 6.70. The van der Waals surface area contributed by atoms with Crippen LogP contribution in [0.25, 0.3) is 10.6 Å². The number of thiazole rings is 1. The molecule has 1 aliphatic heterocycles. The van der Waals surface area contributed by atoms with Gasteiger partial charge in [0.1, 0.15) is 22.3 Å². The molecule has 4 rings (SSSR count). The Hall–Kier alpha value is -2.68. The van der Waals surface area contributed by atoms with Gasteiger partial charge in [-0.3, -0.25) is 9.69 Å². The van der Waals surface area contributed by atoms with Crippen molar-refractivity contribution in [3.05, 3.63) is 70.7 Å². The highest BCUT2D eigenvalue weighted by molar-refractivity contribution is 7.13.